The molecule has 3 nitrogen and oxygen atoms in total. The van der Waals surface area contributed by atoms with E-state index in [2.05, 4.69) is 10.1 Å². The van der Waals surface area contributed by atoms with Gasteiger partial charge in [-0.3, -0.25) is 0 Å². The van der Waals surface area contributed by atoms with E-state index in [1.165, 1.54) is 12.1 Å². The summed E-state index contributed by atoms with van der Waals surface area (Å²) >= 11 is 5.42. The number of aromatic nitrogens is 2. The van der Waals surface area contributed by atoms with Crippen molar-refractivity contribution in [1.29, 1.82) is 0 Å². The third-order valence-electron chi connectivity index (χ3n) is 1.86. The summed E-state index contributed by atoms with van der Waals surface area (Å²) in [7, 11) is 0. The Kier molecular flexibility index (Phi) is 2.59. The van der Waals surface area contributed by atoms with Crippen LogP contribution in [-0.4, -0.2) is 10.1 Å². The summed E-state index contributed by atoms with van der Waals surface area (Å²) in [6, 6.07) is 4.36. The second-order valence-corrected chi connectivity index (χ2v) is 3.28. The monoisotopic (exact) mass is 248 g/mol. The third-order valence-corrected chi connectivity index (χ3v) is 2.01. The van der Waals surface area contributed by atoms with Gasteiger partial charge >= 0.3 is 6.18 Å². The summed E-state index contributed by atoms with van der Waals surface area (Å²) in [6.45, 7) is 0. The van der Waals surface area contributed by atoms with Crippen molar-refractivity contribution < 1.29 is 17.7 Å². The fraction of sp³-hybridized carbons (Fsp3) is 0.111. The SMILES string of the molecule is FC(F)(F)c1ccc(-c2nc(Cl)no2)cc1. The highest BCUT2D eigenvalue weighted by molar-refractivity contribution is 6.28. The zero-order valence-corrected chi connectivity index (χ0v) is 8.38. The zero-order valence-electron chi connectivity index (χ0n) is 7.62. The number of hydrogen-bond acceptors (Lipinski definition) is 3. The molecule has 0 aliphatic rings. The average molecular weight is 249 g/mol. The van der Waals surface area contributed by atoms with E-state index >= 15 is 0 Å². The molecule has 0 unspecified atom stereocenters. The fourth-order valence-corrected chi connectivity index (χ4v) is 1.24. The topological polar surface area (TPSA) is 38.9 Å². The first-order valence-electron chi connectivity index (χ1n) is 4.13. The fourth-order valence-electron chi connectivity index (χ4n) is 1.12. The minimum atomic E-state index is -4.36. The second-order valence-electron chi connectivity index (χ2n) is 2.94. The predicted octanol–water partition coefficient (Wildman–Crippen LogP) is 3.41. The van der Waals surface area contributed by atoms with Crippen LogP contribution >= 0.6 is 11.6 Å². The van der Waals surface area contributed by atoms with E-state index in [1.807, 2.05) is 0 Å². The van der Waals surface area contributed by atoms with Crippen molar-refractivity contribution in [3.8, 4) is 11.5 Å². The molecule has 0 saturated carbocycles. The van der Waals surface area contributed by atoms with Crippen molar-refractivity contribution in [2.75, 3.05) is 0 Å². The largest absolute Gasteiger partial charge is 0.416 e. The molecule has 0 saturated heterocycles. The predicted molar refractivity (Wildman–Crippen MR) is 49.7 cm³/mol. The van der Waals surface area contributed by atoms with Gasteiger partial charge in [0.2, 0.25) is 0 Å². The maximum absolute atomic E-state index is 12.3. The first kappa shape index (κ1) is 10.9. The molecule has 0 fully saturated rings. The number of hydrogen-bond donors (Lipinski definition) is 0. The van der Waals surface area contributed by atoms with Crippen LogP contribution in [0.25, 0.3) is 11.5 Å². The number of benzene rings is 1. The van der Waals surface area contributed by atoms with Crippen LogP contribution in [0.2, 0.25) is 5.28 Å². The Hall–Kier alpha value is -1.56. The molecule has 1 heterocycles. The molecule has 7 heteroatoms. The summed E-state index contributed by atoms with van der Waals surface area (Å²) in [6.07, 6.45) is -4.36. The van der Waals surface area contributed by atoms with Crippen LogP contribution < -0.4 is 0 Å². The summed E-state index contributed by atoms with van der Waals surface area (Å²) in [5.41, 5.74) is -0.353. The van der Waals surface area contributed by atoms with Crippen LogP contribution in [0.5, 0.6) is 0 Å². The highest BCUT2D eigenvalue weighted by atomic mass is 35.5. The number of nitrogens with zero attached hydrogens (tertiary/aromatic N) is 2. The zero-order chi connectivity index (χ0) is 11.8. The van der Waals surface area contributed by atoms with Crippen LogP contribution in [0.3, 0.4) is 0 Å². The molecule has 2 rings (SSSR count). The Labute approximate surface area is 92.8 Å². The molecule has 0 bridgehead atoms. The molecule has 0 aliphatic carbocycles. The summed E-state index contributed by atoms with van der Waals surface area (Å²) in [5.74, 6) is 0.0822. The summed E-state index contributed by atoms with van der Waals surface area (Å²) < 4.78 is 41.5. The molecule has 1 aromatic heterocycles. The maximum atomic E-state index is 12.3. The van der Waals surface area contributed by atoms with Gasteiger partial charge in [0.25, 0.3) is 11.2 Å². The number of halogens is 4. The molecule has 0 N–H and O–H groups in total. The lowest BCUT2D eigenvalue weighted by atomic mass is 10.1. The van der Waals surface area contributed by atoms with Crippen molar-refractivity contribution >= 4 is 11.6 Å². The minimum Gasteiger partial charge on any atom is -0.333 e. The quantitative estimate of drug-likeness (QED) is 0.776. The summed E-state index contributed by atoms with van der Waals surface area (Å²) in [4.78, 5) is 3.68. The van der Waals surface area contributed by atoms with E-state index in [-0.39, 0.29) is 11.2 Å². The number of alkyl halides is 3. The molecule has 1 aromatic carbocycles. The molecule has 0 spiro atoms. The van der Waals surface area contributed by atoms with Crippen molar-refractivity contribution in [1.82, 2.24) is 10.1 Å². The van der Waals surface area contributed by atoms with Gasteiger partial charge in [0.05, 0.1) is 5.56 Å². The molecule has 0 aliphatic heterocycles. The lowest BCUT2D eigenvalue weighted by Crippen LogP contribution is -2.03. The molecule has 84 valence electrons. The van der Waals surface area contributed by atoms with Crippen molar-refractivity contribution in [3.63, 3.8) is 0 Å². The maximum Gasteiger partial charge on any atom is 0.416 e. The van der Waals surface area contributed by atoms with Gasteiger partial charge in [0.1, 0.15) is 0 Å². The molecule has 0 atom stereocenters. The van der Waals surface area contributed by atoms with Crippen molar-refractivity contribution in [2.45, 2.75) is 6.18 Å². The van der Waals surface area contributed by atoms with Crippen molar-refractivity contribution in [3.05, 3.63) is 35.1 Å². The van der Waals surface area contributed by atoms with E-state index in [1.54, 1.807) is 0 Å². The first-order valence-corrected chi connectivity index (χ1v) is 4.51. The summed E-state index contributed by atoms with van der Waals surface area (Å²) in [5, 5.41) is 3.23. The molecule has 0 radical (unpaired) electrons. The molecular formula is C9H4ClF3N2O. The lowest BCUT2D eigenvalue weighted by Gasteiger charge is -2.05. The Bertz CT molecular complexity index is 492. The smallest absolute Gasteiger partial charge is 0.333 e. The normalized spacial score (nSPS) is 11.8. The average Bonchev–Trinajstić information content (AvgIpc) is 2.64. The molecule has 2 aromatic rings. The Morgan fingerprint density at radius 2 is 1.75 bits per heavy atom. The highest BCUT2D eigenvalue weighted by Gasteiger charge is 2.30. The molecule has 0 amide bonds. The van der Waals surface area contributed by atoms with Crippen molar-refractivity contribution in [2.24, 2.45) is 0 Å². The van der Waals surface area contributed by atoms with Gasteiger partial charge in [-0.05, 0) is 41.0 Å². The van der Waals surface area contributed by atoms with Gasteiger partial charge < -0.3 is 4.52 Å². The van der Waals surface area contributed by atoms with Gasteiger partial charge in [0, 0.05) is 5.56 Å². The van der Waals surface area contributed by atoms with Gasteiger partial charge in [-0.1, -0.05) is 0 Å². The first-order chi connectivity index (χ1) is 7.47. The van der Waals surface area contributed by atoms with Gasteiger partial charge in [-0.2, -0.15) is 18.2 Å². The molecular weight excluding hydrogens is 245 g/mol. The van der Waals surface area contributed by atoms with Crippen LogP contribution in [0, 0.1) is 0 Å². The van der Waals surface area contributed by atoms with Gasteiger partial charge in [-0.25, -0.2) is 0 Å². The highest BCUT2D eigenvalue weighted by Crippen LogP contribution is 2.30. The van der Waals surface area contributed by atoms with Gasteiger partial charge in [0.15, 0.2) is 0 Å². The third kappa shape index (κ3) is 2.16. The Morgan fingerprint density at radius 1 is 1.12 bits per heavy atom. The van der Waals surface area contributed by atoms with E-state index in [0.29, 0.717) is 5.56 Å². The van der Waals surface area contributed by atoms with Crippen LogP contribution in [0.4, 0.5) is 13.2 Å². The van der Waals surface area contributed by atoms with Crippen LogP contribution in [0.15, 0.2) is 28.8 Å². The van der Waals surface area contributed by atoms with E-state index in [9.17, 15) is 13.2 Å². The standard InChI is InChI=1S/C9H4ClF3N2O/c10-8-14-7(16-15-8)5-1-3-6(4-2-5)9(11,12)13/h1-4H. The van der Waals surface area contributed by atoms with Crippen LogP contribution in [0.1, 0.15) is 5.56 Å². The lowest BCUT2D eigenvalue weighted by molar-refractivity contribution is -0.137. The van der Waals surface area contributed by atoms with E-state index < -0.39 is 11.7 Å². The molecule has 16 heavy (non-hydrogen) atoms. The Balaban J connectivity index is 2.33. The van der Waals surface area contributed by atoms with E-state index in [0.717, 1.165) is 12.1 Å². The number of rotatable bonds is 1. The Morgan fingerprint density at radius 3 is 2.19 bits per heavy atom. The minimum absolute atomic E-state index is 0.0822. The van der Waals surface area contributed by atoms with Crippen LogP contribution in [-0.2, 0) is 6.18 Å². The van der Waals surface area contributed by atoms with Gasteiger partial charge in [-0.15, -0.1) is 0 Å². The second kappa shape index (κ2) is 3.79. The van der Waals surface area contributed by atoms with E-state index in [4.69, 9.17) is 16.1 Å².